The van der Waals surface area contributed by atoms with E-state index in [-0.39, 0.29) is 30.3 Å². The number of anilines is 1. The number of alkyl halides is 3. The number of ether oxygens (including phenoxy) is 1. The van der Waals surface area contributed by atoms with Gasteiger partial charge < -0.3 is 15.0 Å². The molecule has 3 rings (SSSR count). The van der Waals surface area contributed by atoms with Crippen molar-refractivity contribution < 1.29 is 27.5 Å². The lowest BCUT2D eigenvalue weighted by Crippen LogP contribution is -2.37. The van der Waals surface area contributed by atoms with Crippen LogP contribution in [0, 0.1) is 5.41 Å². The monoisotopic (exact) mass is 448 g/mol. The molecule has 1 heterocycles. The van der Waals surface area contributed by atoms with Gasteiger partial charge in [-0.1, -0.05) is 32.9 Å². The first-order chi connectivity index (χ1) is 14.8. The Balaban J connectivity index is 1.83. The highest BCUT2D eigenvalue weighted by molar-refractivity contribution is 5.91. The summed E-state index contributed by atoms with van der Waals surface area (Å²) in [4.78, 5) is 26.6. The van der Waals surface area contributed by atoms with Gasteiger partial charge in [0.05, 0.1) is 5.56 Å². The van der Waals surface area contributed by atoms with E-state index in [1.165, 1.54) is 11.0 Å². The topological polar surface area (TPSA) is 58.6 Å². The Morgan fingerprint density at radius 2 is 1.88 bits per heavy atom. The van der Waals surface area contributed by atoms with Crippen molar-refractivity contribution in [3.63, 3.8) is 0 Å². The second-order valence-electron chi connectivity index (χ2n) is 9.26. The minimum absolute atomic E-state index is 0.0104. The maximum absolute atomic E-state index is 13.1. The summed E-state index contributed by atoms with van der Waals surface area (Å²) in [6.07, 6.45) is -4.90. The molecule has 0 aromatic heterocycles. The number of halogens is 3. The molecule has 172 valence electrons. The van der Waals surface area contributed by atoms with Gasteiger partial charge in [-0.3, -0.25) is 9.59 Å². The third kappa shape index (κ3) is 6.02. The minimum Gasteiger partial charge on any atom is -0.481 e. The van der Waals surface area contributed by atoms with Gasteiger partial charge in [-0.2, -0.15) is 13.2 Å². The van der Waals surface area contributed by atoms with E-state index in [1.807, 2.05) is 20.8 Å². The van der Waals surface area contributed by atoms with Gasteiger partial charge in [0.15, 0.2) is 6.10 Å². The Bertz CT molecular complexity index is 1010. The van der Waals surface area contributed by atoms with Crippen molar-refractivity contribution in [3.05, 3.63) is 59.2 Å². The van der Waals surface area contributed by atoms with Crippen LogP contribution in [0.1, 0.15) is 50.8 Å². The van der Waals surface area contributed by atoms with Gasteiger partial charge in [-0.15, -0.1) is 0 Å². The van der Waals surface area contributed by atoms with Crippen LogP contribution >= 0.6 is 0 Å². The maximum Gasteiger partial charge on any atom is 0.416 e. The highest BCUT2D eigenvalue weighted by Crippen LogP contribution is 2.32. The van der Waals surface area contributed by atoms with Crippen molar-refractivity contribution >= 4 is 17.5 Å². The van der Waals surface area contributed by atoms with Crippen molar-refractivity contribution in [2.45, 2.75) is 59.5 Å². The molecule has 2 amide bonds. The first kappa shape index (κ1) is 23.6. The largest absolute Gasteiger partial charge is 0.481 e. The maximum atomic E-state index is 13.1. The molecule has 2 aromatic carbocycles. The van der Waals surface area contributed by atoms with Gasteiger partial charge in [-0.25, -0.2) is 0 Å². The highest BCUT2D eigenvalue weighted by Gasteiger charge is 2.32. The third-order valence-corrected chi connectivity index (χ3v) is 4.99. The number of rotatable bonds is 4. The molecule has 2 aromatic rings. The summed E-state index contributed by atoms with van der Waals surface area (Å²) in [7, 11) is 0. The van der Waals surface area contributed by atoms with Crippen molar-refractivity contribution in [3.8, 4) is 5.75 Å². The molecule has 0 fully saturated rings. The number of benzene rings is 2. The summed E-state index contributed by atoms with van der Waals surface area (Å²) in [6.45, 7) is 7.67. The quantitative estimate of drug-likeness (QED) is 0.682. The van der Waals surface area contributed by atoms with Gasteiger partial charge in [0.25, 0.3) is 5.91 Å². The molecule has 0 unspecified atom stereocenters. The summed E-state index contributed by atoms with van der Waals surface area (Å²) in [6, 6.07) is 10.1. The molecule has 0 saturated heterocycles. The second kappa shape index (κ2) is 8.84. The molecule has 0 radical (unpaired) electrons. The molecule has 0 saturated carbocycles. The van der Waals surface area contributed by atoms with E-state index in [9.17, 15) is 22.8 Å². The lowest BCUT2D eigenvalue weighted by atomic mass is 9.92. The molecule has 1 N–H and O–H groups in total. The summed E-state index contributed by atoms with van der Waals surface area (Å²) < 4.78 is 45.0. The Morgan fingerprint density at radius 1 is 1.16 bits per heavy atom. The fourth-order valence-electron chi connectivity index (χ4n) is 3.56. The van der Waals surface area contributed by atoms with Crippen LogP contribution in [0.15, 0.2) is 42.5 Å². The van der Waals surface area contributed by atoms with Gasteiger partial charge >= 0.3 is 6.18 Å². The van der Waals surface area contributed by atoms with Crippen molar-refractivity contribution in [2.75, 3.05) is 5.32 Å². The predicted octanol–water partition coefficient (Wildman–Crippen LogP) is 5.39. The van der Waals surface area contributed by atoms with Crippen LogP contribution in [-0.2, 0) is 28.9 Å². The summed E-state index contributed by atoms with van der Waals surface area (Å²) >= 11 is 0. The molecular formula is C24H27F3N2O3. The molecule has 8 heteroatoms. The Kier molecular flexibility index (Phi) is 6.53. The average molecular weight is 448 g/mol. The fourth-order valence-corrected chi connectivity index (χ4v) is 3.56. The standard InChI is InChI=1S/C24H27F3N2O3/c1-15-22(31)29(13-16-6-5-7-18(10-16)24(25,26)27)14-17-11-19(8-9-20(17)32-15)28-21(30)12-23(2,3)4/h5-11,15H,12-14H2,1-4H3,(H,28,30)/t15-/m1/s1. The molecule has 0 spiro atoms. The number of fused-ring (bicyclic) bond motifs is 1. The first-order valence-electron chi connectivity index (χ1n) is 10.4. The van der Waals surface area contributed by atoms with Crippen molar-refractivity contribution in [2.24, 2.45) is 5.41 Å². The highest BCUT2D eigenvalue weighted by atomic mass is 19.4. The first-order valence-corrected chi connectivity index (χ1v) is 10.4. The number of hydrogen-bond donors (Lipinski definition) is 1. The molecule has 0 bridgehead atoms. The Labute approximate surface area is 185 Å². The third-order valence-electron chi connectivity index (χ3n) is 4.99. The van der Waals surface area contributed by atoms with Crippen LogP contribution in [0.2, 0.25) is 0 Å². The Hall–Kier alpha value is -3.03. The van der Waals surface area contributed by atoms with Crippen molar-refractivity contribution in [1.29, 1.82) is 0 Å². The zero-order valence-corrected chi connectivity index (χ0v) is 18.5. The zero-order valence-electron chi connectivity index (χ0n) is 18.5. The van der Waals surface area contributed by atoms with Crippen molar-refractivity contribution in [1.82, 2.24) is 4.90 Å². The molecule has 1 aliphatic heterocycles. The smallest absolute Gasteiger partial charge is 0.416 e. The SMILES string of the molecule is C[C@H]1Oc2ccc(NC(=O)CC(C)(C)C)cc2CN(Cc2cccc(C(F)(F)F)c2)C1=O. The van der Waals surface area contributed by atoms with E-state index in [0.29, 0.717) is 29.0 Å². The summed E-state index contributed by atoms with van der Waals surface area (Å²) in [5.74, 6) is 0.0559. The average Bonchev–Trinajstić information content (AvgIpc) is 2.77. The summed E-state index contributed by atoms with van der Waals surface area (Å²) in [5, 5.41) is 2.86. The molecular weight excluding hydrogens is 421 g/mol. The van der Waals surface area contributed by atoms with E-state index < -0.39 is 17.8 Å². The molecule has 1 aliphatic rings. The van der Waals surface area contributed by atoms with Crippen LogP contribution in [0.3, 0.4) is 0 Å². The van der Waals surface area contributed by atoms with Crippen LogP contribution < -0.4 is 10.1 Å². The lowest BCUT2D eigenvalue weighted by Gasteiger charge is -2.23. The van der Waals surface area contributed by atoms with Gasteiger partial charge in [0.2, 0.25) is 5.91 Å². The fraction of sp³-hybridized carbons (Fsp3) is 0.417. The Morgan fingerprint density at radius 3 is 2.53 bits per heavy atom. The van der Waals surface area contributed by atoms with E-state index in [1.54, 1.807) is 31.2 Å². The second-order valence-corrected chi connectivity index (χ2v) is 9.26. The molecule has 5 nitrogen and oxygen atoms in total. The molecule has 1 atom stereocenters. The van der Waals surface area contributed by atoms with Gasteiger partial charge in [-0.05, 0) is 48.2 Å². The van der Waals surface area contributed by atoms with Gasteiger partial charge in [0.1, 0.15) is 5.75 Å². The van der Waals surface area contributed by atoms with E-state index >= 15 is 0 Å². The van der Waals surface area contributed by atoms with Crippen LogP contribution in [-0.4, -0.2) is 22.8 Å². The molecule has 32 heavy (non-hydrogen) atoms. The number of nitrogens with zero attached hydrogens (tertiary/aromatic N) is 1. The summed E-state index contributed by atoms with van der Waals surface area (Å²) in [5.41, 5.74) is 0.692. The normalized spacial score (nSPS) is 16.8. The van der Waals surface area contributed by atoms with Crippen LogP contribution in [0.5, 0.6) is 5.75 Å². The van der Waals surface area contributed by atoms with Crippen LogP contribution in [0.25, 0.3) is 0 Å². The number of nitrogens with one attached hydrogen (secondary N) is 1. The number of hydrogen-bond acceptors (Lipinski definition) is 3. The zero-order chi connectivity index (χ0) is 23.7. The van der Waals surface area contributed by atoms with Crippen LogP contribution in [0.4, 0.5) is 18.9 Å². The molecule has 0 aliphatic carbocycles. The predicted molar refractivity (Wildman–Crippen MR) is 115 cm³/mol. The number of carbonyl (C=O) groups is 2. The lowest BCUT2D eigenvalue weighted by molar-refractivity contribution is -0.138. The minimum atomic E-state index is -4.46. The van der Waals surface area contributed by atoms with E-state index in [2.05, 4.69) is 5.32 Å². The number of carbonyl (C=O) groups excluding carboxylic acids is 2. The van der Waals surface area contributed by atoms with E-state index in [0.717, 1.165) is 12.1 Å². The van der Waals surface area contributed by atoms with E-state index in [4.69, 9.17) is 4.74 Å². The van der Waals surface area contributed by atoms with Gasteiger partial charge in [0, 0.05) is 30.8 Å². The number of amides is 2.